The van der Waals surface area contributed by atoms with E-state index in [4.69, 9.17) is 0 Å². The van der Waals surface area contributed by atoms with Crippen LogP contribution in [0.2, 0.25) is 0 Å². The number of hydrogen-bond acceptors (Lipinski definition) is 4. The van der Waals surface area contributed by atoms with Crippen molar-refractivity contribution in [3.8, 4) is 11.5 Å². The first-order valence-corrected chi connectivity index (χ1v) is 7.17. The van der Waals surface area contributed by atoms with E-state index in [0.29, 0.717) is 12.2 Å². The summed E-state index contributed by atoms with van der Waals surface area (Å²) in [4.78, 5) is 14.6. The number of carbonyl (C=O) groups excluding carboxylic acids is 1. The predicted molar refractivity (Wildman–Crippen MR) is 75.9 cm³/mol. The molecule has 20 heavy (non-hydrogen) atoms. The fourth-order valence-electron chi connectivity index (χ4n) is 3.37. The van der Waals surface area contributed by atoms with Crippen LogP contribution in [-0.4, -0.2) is 35.8 Å². The van der Waals surface area contributed by atoms with Gasteiger partial charge < -0.3 is 20.4 Å². The zero-order valence-electron chi connectivity index (χ0n) is 11.4. The minimum atomic E-state index is -0.239. The molecule has 5 nitrogen and oxygen atoms in total. The molecule has 0 aromatic heterocycles. The van der Waals surface area contributed by atoms with Crippen LogP contribution in [0.25, 0.3) is 0 Å². The van der Waals surface area contributed by atoms with Gasteiger partial charge in [-0.05, 0) is 50.9 Å². The Morgan fingerprint density at radius 2 is 1.85 bits per heavy atom. The van der Waals surface area contributed by atoms with Crippen LogP contribution in [0.1, 0.15) is 25.7 Å². The first kappa shape index (κ1) is 13.2. The van der Waals surface area contributed by atoms with E-state index in [9.17, 15) is 15.0 Å². The minimum Gasteiger partial charge on any atom is -0.504 e. The van der Waals surface area contributed by atoms with Gasteiger partial charge in [-0.2, -0.15) is 0 Å². The van der Waals surface area contributed by atoms with Crippen LogP contribution in [0, 0.1) is 5.41 Å². The smallest absolute Gasteiger partial charge is 0.233 e. The Morgan fingerprint density at radius 1 is 1.10 bits per heavy atom. The number of nitrogens with zero attached hydrogens (tertiary/aromatic N) is 1. The van der Waals surface area contributed by atoms with E-state index in [0.717, 1.165) is 38.8 Å². The molecular formula is C15H20N2O3. The lowest BCUT2D eigenvalue weighted by Crippen LogP contribution is -2.53. The second-order valence-corrected chi connectivity index (χ2v) is 5.76. The van der Waals surface area contributed by atoms with Gasteiger partial charge in [0.25, 0.3) is 0 Å². The van der Waals surface area contributed by atoms with Crippen molar-refractivity contribution < 1.29 is 15.0 Å². The summed E-state index contributed by atoms with van der Waals surface area (Å²) in [7, 11) is 0. The molecule has 2 saturated heterocycles. The number of nitrogens with one attached hydrogen (secondary N) is 1. The van der Waals surface area contributed by atoms with Crippen LogP contribution in [-0.2, 0) is 4.79 Å². The van der Waals surface area contributed by atoms with Gasteiger partial charge in [-0.1, -0.05) is 0 Å². The molecule has 0 unspecified atom stereocenters. The molecule has 0 bridgehead atoms. The van der Waals surface area contributed by atoms with Gasteiger partial charge in [0, 0.05) is 18.3 Å². The van der Waals surface area contributed by atoms with Crippen LogP contribution < -0.4 is 10.2 Å². The third-order valence-corrected chi connectivity index (χ3v) is 4.57. The van der Waals surface area contributed by atoms with Crippen molar-refractivity contribution in [2.45, 2.75) is 25.7 Å². The normalized spacial score (nSPS) is 22.2. The fraction of sp³-hybridized carbons (Fsp3) is 0.533. The van der Waals surface area contributed by atoms with E-state index >= 15 is 0 Å². The van der Waals surface area contributed by atoms with Crippen molar-refractivity contribution in [1.82, 2.24) is 5.32 Å². The molecule has 3 N–H and O–H groups in total. The SMILES string of the molecule is O=C1N(c2ccc(O)c(O)c2)CCCC12CCNCC2. The number of amides is 1. The highest BCUT2D eigenvalue weighted by atomic mass is 16.3. The van der Waals surface area contributed by atoms with Crippen LogP contribution in [0.15, 0.2) is 18.2 Å². The van der Waals surface area contributed by atoms with Crippen molar-refractivity contribution in [2.75, 3.05) is 24.5 Å². The third-order valence-electron chi connectivity index (χ3n) is 4.57. The number of aromatic hydroxyl groups is 2. The molecule has 0 saturated carbocycles. The predicted octanol–water partition coefficient (Wildman–Crippen LogP) is 1.59. The summed E-state index contributed by atoms with van der Waals surface area (Å²) in [5.41, 5.74) is 0.430. The second kappa shape index (κ2) is 4.98. The van der Waals surface area contributed by atoms with E-state index in [-0.39, 0.29) is 22.8 Å². The molecule has 1 amide bonds. The van der Waals surface area contributed by atoms with Crippen molar-refractivity contribution >= 4 is 11.6 Å². The van der Waals surface area contributed by atoms with Gasteiger partial charge in [0.05, 0.1) is 5.41 Å². The average molecular weight is 276 g/mol. The molecule has 1 aromatic rings. The number of phenolic OH excluding ortho intramolecular Hbond substituents is 2. The van der Waals surface area contributed by atoms with Crippen molar-refractivity contribution in [3.05, 3.63) is 18.2 Å². The van der Waals surface area contributed by atoms with E-state index in [2.05, 4.69) is 5.32 Å². The summed E-state index contributed by atoms with van der Waals surface area (Å²) in [6.07, 6.45) is 3.69. The quantitative estimate of drug-likeness (QED) is 0.681. The zero-order valence-corrected chi connectivity index (χ0v) is 11.4. The second-order valence-electron chi connectivity index (χ2n) is 5.76. The molecule has 2 fully saturated rings. The number of carbonyl (C=O) groups is 1. The summed E-state index contributed by atoms with van der Waals surface area (Å²) in [6.45, 7) is 2.46. The highest BCUT2D eigenvalue weighted by Gasteiger charge is 2.44. The standard InChI is InChI=1S/C15H20N2O3/c18-12-3-2-11(10-13(12)19)17-9-1-4-15(14(17)20)5-7-16-8-6-15/h2-3,10,16,18-19H,1,4-9H2. The molecule has 0 atom stereocenters. The Labute approximate surface area is 118 Å². The summed E-state index contributed by atoms with van der Waals surface area (Å²) < 4.78 is 0. The Bertz CT molecular complexity index is 518. The molecule has 2 aliphatic heterocycles. The van der Waals surface area contributed by atoms with Crippen molar-refractivity contribution in [2.24, 2.45) is 5.41 Å². The number of benzene rings is 1. The minimum absolute atomic E-state index is 0.158. The maximum atomic E-state index is 12.9. The molecule has 0 radical (unpaired) electrons. The fourth-order valence-corrected chi connectivity index (χ4v) is 3.37. The summed E-state index contributed by atoms with van der Waals surface area (Å²) in [5.74, 6) is -0.176. The zero-order chi connectivity index (χ0) is 14.2. The molecule has 1 aromatic carbocycles. The third kappa shape index (κ3) is 2.12. The molecule has 2 heterocycles. The number of piperidine rings is 2. The lowest BCUT2D eigenvalue weighted by atomic mass is 9.72. The summed E-state index contributed by atoms with van der Waals surface area (Å²) >= 11 is 0. The highest BCUT2D eigenvalue weighted by Crippen LogP contribution is 2.41. The first-order valence-electron chi connectivity index (χ1n) is 7.17. The van der Waals surface area contributed by atoms with Gasteiger partial charge in [-0.25, -0.2) is 0 Å². The van der Waals surface area contributed by atoms with Gasteiger partial charge in [0.1, 0.15) is 0 Å². The molecule has 0 aliphatic carbocycles. The molecule has 1 spiro atoms. The molecule has 3 rings (SSSR count). The summed E-state index contributed by atoms with van der Waals surface area (Å²) in [6, 6.07) is 4.59. The van der Waals surface area contributed by atoms with Crippen LogP contribution >= 0.6 is 0 Å². The maximum Gasteiger partial charge on any atom is 0.233 e. The lowest BCUT2D eigenvalue weighted by Gasteiger charge is -2.44. The van der Waals surface area contributed by atoms with E-state index in [1.165, 1.54) is 12.1 Å². The van der Waals surface area contributed by atoms with Crippen LogP contribution in [0.3, 0.4) is 0 Å². The van der Waals surface area contributed by atoms with E-state index in [1.807, 2.05) is 0 Å². The molecular weight excluding hydrogens is 256 g/mol. The van der Waals surface area contributed by atoms with Gasteiger partial charge in [0.15, 0.2) is 11.5 Å². The van der Waals surface area contributed by atoms with E-state index in [1.54, 1.807) is 11.0 Å². The van der Waals surface area contributed by atoms with Gasteiger partial charge in [-0.15, -0.1) is 0 Å². The number of hydrogen-bond donors (Lipinski definition) is 3. The summed E-state index contributed by atoms with van der Waals surface area (Å²) in [5, 5.41) is 22.3. The van der Waals surface area contributed by atoms with Gasteiger partial charge in [0.2, 0.25) is 5.91 Å². The highest BCUT2D eigenvalue weighted by molar-refractivity contribution is 5.98. The van der Waals surface area contributed by atoms with Crippen molar-refractivity contribution in [3.63, 3.8) is 0 Å². The molecule has 108 valence electrons. The Kier molecular flexibility index (Phi) is 3.30. The largest absolute Gasteiger partial charge is 0.504 e. The number of rotatable bonds is 1. The van der Waals surface area contributed by atoms with Gasteiger partial charge in [-0.3, -0.25) is 4.79 Å². The Hall–Kier alpha value is -1.75. The number of anilines is 1. The monoisotopic (exact) mass is 276 g/mol. The number of phenols is 2. The lowest BCUT2D eigenvalue weighted by molar-refractivity contribution is -0.132. The average Bonchev–Trinajstić information content (AvgIpc) is 2.46. The van der Waals surface area contributed by atoms with Crippen molar-refractivity contribution in [1.29, 1.82) is 0 Å². The van der Waals surface area contributed by atoms with Crippen LogP contribution in [0.4, 0.5) is 5.69 Å². The Balaban J connectivity index is 1.89. The molecule has 2 aliphatic rings. The van der Waals surface area contributed by atoms with Gasteiger partial charge >= 0.3 is 0 Å². The Morgan fingerprint density at radius 3 is 2.55 bits per heavy atom. The van der Waals surface area contributed by atoms with E-state index < -0.39 is 0 Å². The maximum absolute atomic E-state index is 12.9. The topological polar surface area (TPSA) is 72.8 Å². The van der Waals surface area contributed by atoms with Crippen LogP contribution in [0.5, 0.6) is 11.5 Å². The molecule has 5 heteroatoms. The first-order chi connectivity index (χ1) is 9.62.